The van der Waals surface area contributed by atoms with Gasteiger partial charge in [-0.2, -0.15) is 0 Å². The van der Waals surface area contributed by atoms with Crippen molar-refractivity contribution < 1.29 is 9.59 Å². The molecule has 0 saturated carbocycles. The van der Waals surface area contributed by atoms with Crippen LogP contribution in [0.25, 0.3) is 0 Å². The molecular weight excluding hydrogens is 350 g/mol. The highest BCUT2D eigenvalue weighted by Crippen LogP contribution is 2.27. The molecule has 2 aromatic carbocycles. The van der Waals surface area contributed by atoms with Crippen molar-refractivity contribution in [2.45, 2.75) is 33.6 Å². The summed E-state index contributed by atoms with van der Waals surface area (Å²) in [7, 11) is 0. The van der Waals surface area contributed by atoms with Crippen LogP contribution in [0.4, 0.5) is 11.4 Å². The second kappa shape index (κ2) is 8.91. The Bertz CT molecular complexity index is 859. The lowest BCUT2D eigenvalue weighted by Crippen LogP contribution is -2.36. The van der Waals surface area contributed by atoms with E-state index in [0.717, 1.165) is 25.1 Å². The van der Waals surface area contributed by atoms with Crippen LogP contribution in [-0.4, -0.2) is 42.9 Å². The first-order valence-electron chi connectivity index (χ1n) is 10.1. The maximum absolute atomic E-state index is 12.6. The van der Waals surface area contributed by atoms with E-state index < -0.39 is 0 Å². The molecule has 1 heterocycles. The van der Waals surface area contributed by atoms with Crippen LogP contribution in [0.1, 0.15) is 41.8 Å². The van der Waals surface area contributed by atoms with E-state index in [0.29, 0.717) is 30.9 Å². The van der Waals surface area contributed by atoms with Gasteiger partial charge in [-0.15, -0.1) is 0 Å². The maximum atomic E-state index is 12.6. The van der Waals surface area contributed by atoms with E-state index in [1.54, 1.807) is 17.0 Å². The maximum Gasteiger partial charge on any atom is 0.253 e. The molecule has 0 atom stereocenters. The van der Waals surface area contributed by atoms with Gasteiger partial charge >= 0.3 is 0 Å². The predicted molar refractivity (Wildman–Crippen MR) is 114 cm³/mol. The minimum Gasteiger partial charge on any atom is -0.362 e. The number of nitrogens with zero attached hydrogens (tertiary/aromatic N) is 2. The quantitative estimate of drug-likeness (QED) is 0.829. The third kappa shape index (κ3) is 4.53. The Morgan fingerprint density at radius 2 is 1.89 bits per heavy atom. The van der Waals surface area contributed by atoms with Crippen molar-refractivity contribution in [2.24, 2.45) is 0 Å². The minimum absolute atomic E-state index is 0.0126. The van der Waals surface area contributed by atoms with Crippen LogP contribution in [0, 0.1) is 6.92 Å². The molecule has 28 heavy (non-hydrogen) atoms. The summed E-state index contributed by atoms with van der Waals surface area (Å²) < 4.78 is 0. The number of amides is 2. The second-order valence-corrected chi connectivity index (χ2v) is 7.26. The van der Waals surface area contributed by atoms with Crippen molar-refractivity contribution in [1.82, 2.24) is 4.90 Å². The second-order valence-electron chi connectivity index (χ2n) is 7.26. The lowest BCUT2D eigenvalue weighted by molar-refractivity contribution is -0.115. The molecule has 2 aromatic rings. The molecule has 148 valence electrons. The first-order valence-corrected chi connectivity index (χ1v) is 10.1. The van der Waals surface area contributed by atoms with Gasteiger partial charge in [0.25, 0.3) is 5.91 Å². The number of hydrogen-bond donors (Lipinski definition) is 1. The molecule has 2 amide bonds. The van der Waals surface area contributed by atoms with Gasteiger partial charge in [0.05, 0.1) is 6.54 Å². The highest BCUT2D eigenvalue weighted by molar-refractivity contribution is 5.98. The van der Waals surface area contributed by atoms with Gasteiger partial charge in [0.1, 0.15) is 0 Å². The molecule has 3 rings (SSSR count). The van der Waals surface area contributed by atoms with Crippen LogP contribution in [0.2, 0.25) is 0 Å². The summed E-state index contributed by atoms with van der Waals surface area (Å²) >= 11 is 0. The molecule has 0 bridgehead atoms. The first-order chi connectivity index (χ1) is 13.5. The predicted octanol–water partition coefficient (Wildman–Crippen LogP) is 3.87. The Morgan fingerprint density at radius 1 is 1.11 bits per heavy atom. The van der Waals surface area contributed by atoms with E-state index in [4.69, 9.17) is 0 Å². The summed E-state index contributed by atoms with van der Waals surface area (Å²) in [6, 6.07) is 13.6. The molecular formula is C23H29N3O2. The van der Waals surface area contributed by atoms with Gasteiger partial charge in [0.2, 0.25) is 5.91 Å². The number of aryl methyl sites for hydroxylation is 2. The van der Waals surface area contributed by atoms with Crippen LogP contribution >= 0.6 is 0 Å². The van der Waals surface area contributed by atoms with Crippen molar-refractivity contribution >= 4 is 23.2 Å². The first kappa shape index (κ1) is 19.9. The molecule has 0 radical (unpaired) electrons. The number of hydrogen-bond acceptors (Lipinski definition) is 3. The Hall–Kier alpha value is -2.82. The highest BCUT2D eigenvalue weighted by atomic mass is 16.2. The van der Waals surface area contributed by atoms with Crippen LogP contribution in [-0.2, 0) is 11.2 Å². The Balaban J connectivity index is 1.68. The van der Waals surface area contributed by atoms with Gasteiger partial charge in [0.15, 0.2) is 0 Å². The van der Waals surface area contributed by atoms with Crippen LogP contribution in [0.5, 0.6) is 0 Å². The summed E-state index contributed by atoms with van der Waals surface area (Å²) in [5, 5.41) is 2.95. The average molecular weight is 380 g/mol. The number of rotatable bonds is 6. The van der Waals surface area contributed by atoms with Gasteiger partial charge in [-0.3, -0.25) is 9.59 Å². The van der Waals surface area contributed by atoms with Gasteiger partial charge in [-0.25, -0.2) is 0 Å². The minimum atomic E-state index is -0.0686. The number of anilines is 2. The monoisotopic (exact) mass is 379 g/mol. The van der Waals surface area contributed by atoms with E-state index >= 15 is 0 Å². The standard InChI is InChI=1S/C23H29N3O2/c1-4-25(5-2)23(28)19-8-6-10-20(15-19)24-22(27)16-26-13-7-9-18-14-17(3)11-12-21(18)26/h6,8,10-12,14-15H,4-5,7,9,13,16H2,1-3H3,(H,24,27). The fraction of sp³-hybridized carbons (Fsp3) is 0.391. The highest BCUT2D eigenvalue weighted by Gasteiger charge is 2.19. The third-order valence-corrected chi connectivity index (χ3v) is 5.23. The molecule has 0 fully saturated rings. The molecule has 0 spiro atoms. The lowest BCUT2D eigenvalue weighted by atomic mass is 9.99. The largest absolute Gasteiger partial charge is 0.362 e. The number of benzene rings is 2. The molecule has 5 nitrogen and oxygen atoms in total. The zero-order valence-corrected chi connectivity index (χ0v) is 17.0. The van der Waals surface area contributed by atoms with E-state index in [1.807, 2.05) is 26.0 Å². The number of nitrogens with one attached hydrogen (secondary N) is 1. The fourth-order valence-electron chi connectivity index (χ4n) is 3.77. The Labute approximate surface area is 167 Å². The van der Waals surface area contributed by atoms with Gasteiger partial charge in [-0.05, 0) is 63.4 Å². The van der Waals surface area contributed by atoms with Crippen molar-refractivity contribution in [3.8, 4) is 0 Å². The van der Waals surface area contributed by atoms with E-state index in [2.05, 4.69) is 35.3 Å². The number of carbonyl (C=O) groups is 2. The normalized spacial score (nSPS) is 13.0. The number of fused-ring (bicyclic) bond motifs is 1. The smallest absolute Gasteiger partial charge is 0.253 e. The molecule has 0 aromatic heterocycles. The van der Waals surface area contributed by atoms with E-state index in [9.17, 15) is 9.59 Å². The Kier molecular flexibility index (Phi) is 6.34. The average Bonchev–Trinajstić information content (AvgIpc) is 2.69. The molecule has 0 unspecified atom stereocenters. The van der Waals surface area contributed by atoms with Crippen molar-refractivity contribution in [3.05, 3.63) is 59.2 Å². The number of carbonyl (C=O) groups excluding carboxylic acids is 2. The zero-order chi connectivity index (χ0) is 20.1. The summed E-state index contributed by atoms with van der Waals surface area (Å²) in [4.78, 5) is 29.1. The Morgan fingerprint density at radius 3 is 2.64 bits per heavy atom. The van der Waals surface area contributed by atoms with E-state index in [1.165, 1.54) is 11.1 Å². The molecule has 5 heteroatoms. The van der Waals surface area contributed by atoms with Crippen LogP contribution in [0.15, 0.2) is 42.5 Å². The van der Waals surface area contributed by atoms with Crippen molar-refractivity contribution in [3.63, 3.8) is 0 Å². The molecule has 0 saturated heterocycles. The molecule has 0 aliphatic carbocycles. The third-order valence-electron chi connectivity index (χ3n) is 5.23. The van der Waals surface area contributed by atoms with Crippen LogP contribution in [0.3, 0.4) is 0 Å². The summed E-state index contributed by atoms with van der Waals surface area (Å²) in [5.74, 6) is -0.0812. The zero-order valence-electron chi connectivity index (χ0n) is 17.0. The molecule has 1 aliphatic rings. The van der Waals surface area contributed by atoms with Crippen molar-refractivity contribution in [1.29, 1.82) is 0 Å². The van der Waals surface area contributed by atoms with Gasteiger partial charge < -0.3 is 15.1 Å². The molecule has 1 N–H and O–H groups in total. The van der Waals surface area contributed by atoms with Gasteiger partial charge in [0, 0.05) is 36.6 Å². The SMILES string of the molecule is CCN(CC)C(=O)c1cccc(NC(=O)CN2CCCc3cc(C)ccc32)c1. The summed E-state index contributed by atoms with van der Waals surface area (Å²) in [5.41, 5.74) is 4.97. The topological polar surface area (TPSA) is 52.7 Å². The van der Waals surface area contributed by atoms with E-state index in [-0.39, 0.29) is 11.8 Å². The van der Waals surface area contributed by atoms with Gasteiger partial charge in [-0.1, -0.05) is 23.8 Å². The lowest BCUT2D eigenvalue weighted by Gasteiger charge is -2.31. The summed E-state index contributed by atoms with van der Waals surface area (Å²) in [6.07, 6.45) is 2.11. The summed E-state index contributed by atoms with van der Waals surface area (Å²) in [6.45, 7) is 8.54. The van der Waals surface area contributed by atoms with Crippen LogP contribution < -0.4 is 10.2 Å². The fourth-order valence-corrected chi connectivity index (χ4v) is 3.77. The van der Waals surface area contributed by atoms with Crippen molar-refractivity contribution in [2.75, 3.05) is 36.4 Å². The molecule has 1 aliphatic heterocycles.